The molecule has 0 saturated carbocycles. The van der Waals surface area contributed by atoms with Gasteiger partial charge >= 0.3 is 0 Å². The van der Waals surface area contributed by atoms with Crippen molar-refractivity contribution in [3.8, 4) is 0 Å². The van der Waals surface area contributed by atoms with E-state index < -0.39 is 14.4 Å². The van der Waals surface area contributed by atoms with Crippen LogP contribution in [0.4, 0.5) is 0 Å². The van der Waals surface area contributed by atoms with E-state index >= 15 is 0 Å². The lowest BCUT2D eigenvalue weighted by molar-refractivity contribution is -0.149. The third-order valence-electron chi connectivity index (χ3n) is 7.67. The van der Waals surface area contributed by atoms with Gasteiger partial charge in [-0.05, 0) is 35.4 Å². The molecular weight excluding hydrogens is 380 g/mol. The lowest BCUT2D eigenvalue weighted by Crippen LogP contribution is -2.50. The number of hydrogen-bond donors (Lipinski definition) is 2. The zero-order valence-corrected chi connectivity index (χ0v) is 21.8. The topological polar surface area (TPSA) is 58.9 Å². The van der Waals surface area contributed by atoms with Gasteiger partial charge in [0, 0.05) is 31.0 Å². The molecular formula is C24H50O4Si. The van der Waals surface area contributed by atoms with Crippen LogP contribution in [0.15, 0.2) is 0 Å². The molecule has 5 heteroatoms. The molecule has 1 saturated heterocycles. The molecule has 2 N–H and O–H groups in total. The van der Waals surface area contributed by atoms with E-state index in [0.29, 0.717) is 28.5 Å². The van der Waals surface area contributed by atoms with E-state index in [1.165, 1.54) is 0 Å². The van der Waals surface area contributed by atoms with E-state index in [-0.39, 0.29) is 30.7 Å². The van der Waals surface area contributed by atoms with Gasteiger partial charge in [-0.25, -0.2) is 0 Å². The maximum atomic E-state index is 10.6. The van der Waals surface area contributed by atoms with E-state index in [9.17, 15) is 10.2 Å². The average Bonchev–Trinajstić information content (AvgIpc) is 2.65. The van der Waals surface area contributed by atoms with E-state index in [1.807, 2.05) is 6.92 Å². The van der Waals surface area contributed by atoms with Crippen LogP contribution in [-0.4, -0.2) is 50.1 Å². The van der Waals surface area contributed by atoms with Gasteiger partial charge in [0.2, 0.25) is 0 Å². The van der Waals surface area contributed by atoms with Gasteiger partial charge in [0.15, 0.2) is 8.32 Å². The first-order chi connectivity index (χ1) is 13.4. The maximum Gasteiger partial charge on any atom is 0.200 e. The molecule has 1 aliphatic rings. The van der Waals surface area contributed by atoms with Gasteiger partial charge in [0.1, 0.15) is 0 Å². The van der Waals surface area contributed by atoms with Crippen molar-refractivity contribution in [2.75, 3.05) is 13.2 Å². The van der Waals surface area contributed by atoms with Crippen LogP contribution in [0, 0.1) is 23.7 Å². The minimum absolute atomic E-state index is 0.00654. The Kier molecular flexibility index (Phi) is 10.8. The van der Waals surface area contributed by atoms with Crippen molar-refractivity contribution in [2.45, 2.75) is 117 Å². The summed E-state index contributed by atoms with van der Waals surface area (Å²) >= 11 is 0. The van der Waals surface area contributed by atoms with Gasteiger partial charge in [0.25, 0.3) is 0 Å². The molecule has 0 aliphatic carbocycles. The standard InChI is InChI=1S/C24H50O4Si/c1-15(2)29(16(3)4,17(5)6)27-14-20(9)22-12-11-18(7)24(28-22)21(10)23(26)19(8)13-25/h15-26H,11-14H2,1-10H3/t18-,19-,20-,21-,22-,23-,24-/m0/s1. The first-order valence-electron chi connectivity index (χ1n) is 12.0. The maximum absolute atomic E-state index is 10.6. The van der Waals surface area contributed by atoms with Crippen molar-refractivity contribution in [3.05, 3.63) is 0 Å². The molecule has 0 aromatic heterocycles. The number of hydrogen-bond acceptors (Lipinski definition) is 4. The lowest BCUT2D eigenvalue weighted by Gasteiger charge is -2.45. The van der Waals surface area contributed by atoms with Crippen molar-refractivity contribution < 1.29 is 19.4 Å². The number of aliphatic hydroxyl groups excluding tert-OH is 2. The predicted molar refractivity (Wildman–Crippen MR) is 125 cm³/mol. The number of rotatable bonds is 11. The number of ether oxygens (including phenoxy) is 1. The lowest BCUT2D eigenvalue weighted by atomic mass is 9.79. The highest BCUT2D eigenvalue weighted by atomic mass is 28.4. The quantitative estimate of drug-likeness (QED) is 0.417. The smallest absolute Gasteiger partial charge is 0.200 e. The second-order valence-electron chi connectivity index (χ2n) is 10.8. The van der Waals surface area contributed by atoms with Crippen LogP contribution < -0.4 is 0 Å². The molecule has 0 bridgehead atoms. The Morgan fingerprint density at radius 2 is 1.45 bits per heavy atom. The second-order valence-corrected chi connectivity index (χ2v) is 16.3. The Hall–Kier alpha value is 0.0569. The van der Waals surface area contributed by atoms with Crippen LogP contribution in [0.3, 0.4) is 0 Å². The van der Waals surface area contributed by atoms with E-state index in [0.717, 1.165) is 19.4 Å². The summed E-state index contributed by atoms with van der Waals surface area (Å²) in [6.07, 6.45) is 1.84. The Morgan fingerprint density at radius 3 is 1.90 bits per heavy atom. The molecule has 0 aromatic carbocycles. The zero-order chi connectivity index (χ0) is 22.5. The van der Waals surface area contributed by atoms with Crippen molar-refractivity contribution in [1.82, 2.24) is 0 Å². The molecule has 1 aliphatic heterocycles. The molecule has 29 heavy (non-hydrogen) atoms. The summed E-state index contributed by atoms with van der Waals surface area (Å²) in [7, 11) is -1.87. The second kappa shape index (κ2) is 11.6. The summed E-state index contributed by atoms with van der Waals surface area (Å²) in [5.74, 6) is 0.647. The summed E-state index contributed by atoms with van der Waals surface area (Å²) in [5.41, 5.74) is 1.76. The van der Waals surface area contributed by atoms with Crippen LogP contribution in [0.25, 0.3) is 0 Å². The third-order valence-corrected chi connectivity index (χ3v) is 13.7. The highest BCUT2D eigenvalue weighted by molar-refractivity contribution is 6.77. The predicted octanol–water partition coefficient (Wildman–Crippen LogP) is 5.62. The Labute approximate surface area is 181 Å². The molecule has 4 nitrogen and oxygen atoms in total. The van der Waals surface area contributed by atoms with E-state index in [1.54, 1.807) is 0 Å². The molecule has 0 radical (unpaired) electrons. The monoisotopic (exact) mass is 430 g/mol. The van der Waals surface area contributed by atoms with Crippen LogP contribution >= 0.6 is 0 Å². The summed E-state index contributed by atoms with van der Waals surface area (Å²) in [6, 6.07) is 0. The normalized spacial score (nSPS) is 28.0. The van der Waals surface area contributed by atoms with Gasteiger partial charge in [-0.3, -0.25) is 0 Å². The first-order valence-corrected chi connectivity index (χ1v) is 14.1. The molecule has 1 rings (SSSR count). The molecule has 174 valence electrons. The minimum atomic E-state index is -1.87. The highest BCUT2D eigenvalue weighted by Crippen LogP contribution is 2.43. The van der Waals surface area contributed by atoms with Gasteiger partial charge in [-0.15, -0.1) is 0 Å². The van der Waals surface area contributed by atoms with Crippen LogP contribution in [0.2, 0.25) is 16.6 Å². The van der Waals surface area contributed by atoms with Gasteiger partial charge < -0.3 is 19.4 Å². The summed E-state index contributed by atoms with van der Waals surface area (Å²) < 4.78 is 13.4. The largest absolute Gasteiger partial charge is 0.416 e. The Balaban J connectivity index is 2.83. The van der Waals surface area contributed by atoms with E-state index in [2.05, 4.69) is 62.3 Å². The molecule has 0 amide bonds. The van der Waals surface area contributed by atoms with Crippen LogP contribution in [-0.2, 0) is 9.16 Å². The highest BCUT2D eigenvalue weighted by Gasteiger charge is 2.46. The van der Waals surface area contributed by atoms with Gasteiger partial charge in [0.05, 0.1) is 18.3 Å². The molecule has 0 spiro atoms. The van der Waals surface area contributed by atoms with Gasteiger partial charge in [-0.1, -0.05) is 69.2 Å². The van der Waals surface area contributed by atoms with Crippen molar-refractivity contribution in [2.24, 2.45) is 23.7 Å². The zero-order valence-electron chi connectivity index (χ0n) is 20.8. The molecule has 7 atom stereocenters. The Morgan fingerprint density at radius 1 is 0.931 bits per heavy atom. The SMILES string of the molecule is CC(C)[Si](OC[C@H](C)[C@@H]1CC[C@H](C)[C@@H]([C@@H](C)[C@@H](O)[C@@H](C)CO)O1)(C(C)C)C(C)C. The summed E-state index contributed by atoms with van der Waals surface area (Å²) in [6.45, 7) is 23.2. The first kappa shape index (κ1) is 27.1. The third kappa shape index (κ3) is 6.28. The van der Waals surface area contributed by atoms with Crippen molar-refractivity contribution in [3.63, 3.8) is 0 Å². The average molecular weight is 431 g/mol. The minimum Gasteiger partial charge on any atom is -0.416 e. The van der Waals surface area contributed by atoms with Gasteiger partial charge in [-0.2, -0.15) is 0 Å². The fourth-order valence-corrected chi connectivity index (χ4v) is 11.3. The fourth-order valence-electron chi connectivity index (χ4n) is 5.76. The van der Waals surface area contributed by atoms with Crippen LogP contribution in [0.1, 0.15) is 82.1 Å². The molecule has 1 fully saturated rings. The Bertz CT molecular complexity index is 446. The van der Waals surface area contributed by atoms with Crippen molar-refractivity contribution >= 4 is 8.32 Å². The van der Waals surface area contributed by atoms with Crippen molar-refractivity contribution in [1.29, 1.82) is 0 Å². The fraction of sp³-hybridized carbons (Fsp3) is 1.00. The van der Waals surface area contributed by atoms with E-state index in [4.69, 9.17) is 9.16 Å². The summed E-state index contributed by atoms with van der Waals surface area (Å²) in [5, 5.41) is 20.0. The number of aliphatic hydroxyl groups is 2. The molecule has 0 aromatic rings. The summed E-state index contributed by atoms with van der Waals surface area (Å²) in [4.78, 5) is 0. The molecule has 1 heterocycles. The molecule has 0 unspecified atom stereocenters. The van der Waals surface area contributed by atoms with Crippen LogP contribution in [0.5, 0.6) is 0 Å².